The number of Topliss-reactive ketones (excluding diaryl/α,β-unsaturated/α-hetero) is 1. The second-order valence-corrected chi connectivity index (χ2v) is 10.8. The zero-order valence-corrected chi connectivity index (χ0v) is 23.4. The van der Waals surface area contributed by atoms with Crippen LogP contribution in [0.1, 0.15) is 73.7 Å². The molecule has 0 bridgehead atoms. The van der Waals surface area contributed by atoms with Crippen LogP contribution in [0.15, 0.2) is 54.6 Å². The number of hydrogen-bond donors (Lipinski definition) is 3. The number of nitrogens with two attached hydrogens (primary N) is 1. The summed E-state index contributed by atoms with van der Waals surface area (Å²) in [7, 11) is 0. The van der Waals surface area contributed by atoms with E-state index in [-0.39, 0.29) is 48.6 Å². The zero-order valence-electron chi connectivity index (χ0n) is 22.6. The Labute approximate surface area is 238 Å². The lowest BCUT2D eigenvalue weighted by molar-refractivity contribution is -0.132. The molecular weight excluding hydrogens is 514 g/mol. The van der Waals surface area contributed by atoms with Crippen LogP contribution >= 0.6 is 12.4 Å². The fourth-order valence-corrected chi connectivity index (χ4v) is 5.56. The van der Waals surface area contributed by atoms with Crippen molar-refractivity contribution in [1.29, 1.82) is 0 Å². The third kappa shape index (κ3) is 9.36. The molecule has 2 saturated carbocycles. The Balaban J connectivity index is 0.00000420. The van der Waals surface area contributed by atoms with Gasteiger partial charge in [0.15, 0.2) is 12.4 Å². The summed E-state index contributed by atoms with van der Waals surface area (Å²) in [6.45, 7) is 0.595. The maximum absolute atomic E-state index is 13.4. The fraction of sp³-hybridized carbons (Fsp3) is 0.516. The summed E-state index contributed by atoms with van der Waals surface area (Å²) in [4.78, 5) is 39.0. The van der Waals surface area contributed by atoms with Crippen LogP contribution in [0.5, 0.6) is 5.75 Å². The van der Waals surface area contributed by atoms with E-state index < -0.39 is 6.04 Å². The van der Waals surface area contributed by atoms with Gasteiger partial charge in [0, 0.05) is 23.9 Å². The van der Waals surface area contributed by atoms with Crippen LogP contribution in [0.4, 0.5) is 0 Å². The molecule has 2 amide bonds. The van der Waals surface area contributed by atoms with Crippen molar-refractivity contribution in [1.82, 2.24) is 10.6 Å². The highest BCUT2D eigenvalue weighted by atomic mass is 35.5. The van der Waals surface area contributed by atoms with E-state index in [0.717, 1.165) is 56.9 Å². The van der Waals surface area contributed by atoms with Gasteiger partial charge in [-0.05, 0) is 68.7 Å². The second-order valence-electron chi connectivity index (χ2n) is 10.8. The average molecular weight is 556 g/mol. The topological polar surface area (TPSA) is 111 Å². The van der Waals surface area contributed by atoms with Gasteiger partial charge < -0.3 is 21.1 Å². The van der Waals surface area contributed by atoms with Gasteiger partial charge in [-0.1, -0.05) is 61.7 Å². The Kier molecular flexibility index (Phi) is 12.3. The summed E-state index contributed by atoms with van der Waals surface area (Å²) in [6, 6.07) is 16.0. The average Bonchev–Trinajstić information content (AvgIpc) is 2.96. The van der Waals surface area contributed by atoms with E-state index in [1.165, 1.54) is 6.42 Å². The molecule has 7 nitrogen and oxygen atoms in total. The first kappa shape index (κ1) is 30.6. The molecule has 4 rings (SSSR count). The normalized spacial score (nSPS) is 20.2. The summed E-state index contributed by atoms with van der Waals surface area (Å²) >= 11 is 0. The summed E-state index contributed by atoms with van der Waals surface area (Å²) in [5.41, 5.74) is 7.29. The van der Waals surface area contributed by atoms with E-state index in [2.05, 4.69) is 10.6 Å². The quantitative estimate of drug-likeness (QED) is 0.351. The monoisotopic (exact) mass is 555 g/mol. The first-order chi connectivity index (χ1) is 18.5. The highest BCUT2D eigenvalue weighted by Gasteiger charge is 2.30. The molecule has 0 saturated heterocycles. The Bertz CT molecular complexity index is 1070. The highest BCUT2D eigenvalue weighted by molar-refractivity contribution is 5.97. The summed E-state index contributed by atoms with van der Waals surface area (Å²) < 4.78 is 5.78. The van der Waals surface area contributed by atoms with Crippen LogP contribution in [-0.4, -0.2) is 42.8 Å². The van der Waals surface area contributed by atoms with Crippen molar-refractivity contribution in [3.8, 4) is 5.75 Å². The summed E-state index contributed by atoms with van der Waals surface area (Å²) in [5.74, 6) is 0.681. The zero-order chi connectivity index (χ0) is 26.7. The fourth-order valence-electron chi connectivity index (χ4n) is 5.56. The maximum atomic E-state index is 13.4. The molecule has 4 N–H and O–H groups in total. The van der Waals surface area contributed by atoms with E-state index in [1.807, 2.05) is 36.4 Å². The molecule has 0 heterocycles. The van der Waals surface area contributed by atoms with Gasteiger partial charge in [-0.15, -0.1) is 12.4 Å². The van der Waals surface area contributed by atoms with Gasteiger partial charge in [-0.25, -0.2) is 0 Å². The first-order valence-corrected chi connectivity index (χ1v) is 14.1. The molecule has 0 aromatic heterocycles. The predicted molar refractivity (Wildman–Crippen MR) is 155 cm³/mol. The van der Waals surface area contributed by atoms with Gasteiger partial charge in [0.1, 0.15) is 11.8 Å². The number of carbonyl (C=O) groups is 3. The summed E-state index contributed by atoms with van der Waals surface area (Å²) in [5, 5.41) is 6.26. The van der Waals surface area contributed by atoms with E-state index in [9.17, 15) is 14.4 Å². The Morgan fingerprint density at radius 2 is 1.62 bits per heavy atom. The number of amides is 2. The van der Waals surface area contributed by atoms with Crippen LogP contribution in [0.3, 0.4) is 0 Å². The minimum absolute atomic E-state index is 0. The van der Waals surface area contributed by atoms with Crippen molar-refractivity contribution in [2.24, 2.45) is 17.6 Å². The van der Waals surface area contributed by atoms with Crippen LogP contribution in [0.2, 0.25) is 0 Å². The van der Waals surface area contributed by atoms with Crippen molar-refractivity contribution in [2.45, 2.75) is 76.3 Å². The number of ether oxygens (including phenoxy) is 1. The third-order valence-corrected chi connectivity index (χ3v) is 7.94. The molecule has 0 unspecified atom stereocenters. The van der Waals surface area contributed by atoms with Crippen molar-refractivity contribution in [2.75, 3.05) is 13.2 Å². The van der Waals surface area contributed by atoms with E-state index in [4.69, 9.17) is 10.5 Å². The number of carbonyl (C=O) groups excluding carboxylic acids is 3. The van der Waals surface area contributed by atoms with E-state index >= 15 is 0 Å². The number of halogens is 1. The van der Waals surface area contributed by atoms with Crippen LogP contribution in [0, 0.1) is 11.8 Å². The number of rotatable bonds is 11. The lowest BCUT2D eigenvalue weighted by Gasteiger charge is -2.29. The second kappa shape index (κ2) is 15.6. The van der Waals surface area contributed by atoms with E-state index in [1.54, 1.807) is 18.2 Å². The number of ketones is 1. The predicted octanol–water partition coefficient (Wildman–Crippen LogP) is 4.61. The minimum atomic E-state index is -0.669. The van der Waals surface area contributed by atoms with Crippen molar-refractivity contribution < 1.29 is 19.1 Å². The van der Waals surface area contributed by atoms with Crippen LogP contribution in [-0.2, 0) is 16.0 Å². The van der Waals surface area contributed by atoms with Gasteiger partial charge in [0.2, 0.25) is 11.8 Å². The van der Waals surface area contributed by atoms with Gasteiger partial charge in [-0.2, -0.15) is 0 Å². The largest absolute Gasteiger partial charge is 0.485 e. The molecule has 0 aliphatic heterocycles. The molecule has 8 heteroatoms. The van der Waals surface area contributed by atoms with Crippen molar-refractivity contribution in [3.05, 3.63) is 65.7 Å². The van der Waals surface area contributed by atoms with Gasteiger partial charge >= 0.3 is 0 Å². The lowest BCUT2D eigenvalue weighted by atomic mass is 9.81. The molecule has 212 valence electrons. The summed E-state index contributed by atoms with van der Waals surface area (Å²) in [6.07, 6.45) is 9.28. The molecule has 0 spiro atoms. The smallest absolute Gasteiger partial charge is 0.243 e. The molecule has 2 aliphatic rings. The molecule has 2 fully saturated rings. The standard InChI is InChI=1S/C31H41N3O4.ClH/c32-20-22-14-16-25(17-15-22)30(36)34-28(31(37)33-26-11-5-2-6-12-26)19-23-8-7-13-27(18-23)38-21-29(35)24-9-3-1-4-10-24;/h1,3-4,7-10,13,18,22,25-26,28H,2,5-6,11-12,14-17,19-21,32H2,(H,33,37)(H,34,36);1H/t22?,25?,28-;/m0./s1. The molecule has 2 aromatic rings. The molecule has 0 radical (unpaired) electrons. The first-order valence-electron chi connectivity index (χ1n) is 14.1. The Hall–Kier alpha value is -2.90. The van der Waals surface area contributed by atoms with Crippen LogP contribution in [0.25, 0.3) is 0 Å². The lowest BCUT2D eigenvalue weighted by Crippen LogP contribution is -2.52. The maximum Gasteiger partial charge on any atom is 0.243 e. The van der Waals surface area contributed by atoms with Crippen molar-refractivity contribution >= 4 is 30.0 Å². The highest BCUT2D eigenvalue weighted by Crippen LogP contribution is 2.28. The minimum Gasteiger partial charge on any atom is -0.485 e. The van der Waals surface area contributed by atoms with Crippen LogP contribution < -0.4 is 21.1 Å². The molecule has 39 heavy (non-hydrogen) atoms. The van der Waals surface area contributed by atoms with Gasteiger partial charge in [-0.3, -0.25) is 14.4 Å². The van der Waals surface area contributed by atoms with Crippen molar-refractivity contribution in [3.63, 3.8) is 0 Å². The number of benzene rings is 2. The van der Waals surface area contributed by atoms with E-state index in [0.29, 0.717) is 30.2 Å². The molecule has 1 atom stereocenters. The number of nitrogens with one attached hydrogen (secondary N) is 2. The number of hydrogen-bond acceptors (Lipinski definition) is 5. The third-order valence-electron chi connectivity index (χ3n) is 7.94. The Morgan fingerprint density at radius 3 is 2.31 bits per heavy atom. The molecular formula is C31H42ClN3O4. The molecule has 2 aromatic carbocycles. The SMILES string of the molecule is Cl.NCC1CCC(C(=O)N[C@@H](Cc2cccc(OCC(=O)c3ccccc3)c2)C(=O)NC2CCCCC2)CC1. The van der Waals surface area contributed by atoms with Gasteiger partial charge in [0.25, 0.3) is 0 Å². The molecule has 2 aliphatic carbocycles. The van der Waals surface area contributed by atoms with Gasteiger partial charge in [0.05, 0.1) is 0 Å². The Morgan fingerprint density at radius 1 is 0.897 bits per heavy atom.